The van der Waals surface area contributed by atoms with E-state index in [1.165, 1.54) is 17.8 Å². The fraction of sp³-hybridized carbons (Fsp3) is 0.688. The van der Waals surface area contributed by atoms with Crippen LogP contribution in [0.1, 0.15) is 42.6 Å². The maximum atomic E-state index is 12.0. The Morgan fingerprint density at radius 3 is 2.83 bits per heavy atom. The Labute approximate surface area is 142 Å². The van der Waals surface area contributed by atoms with Crippen molar-refractivity contribution in [3.63, 3.8) is 0 Å². The Morgan fingerprint density at radius 1 is 1.48 bits per heavy atom. The van der Waals surface area contributed by atoms with Gasteiger partial charge in [-0.25, -0.2) is 4.98 Å². The van der Waals surface area contributed by atoms with Crippen LogP contribution in [0.15, 0.2) is 10.5 Å². The summed E-state index contributed by atoms with van der Waals surface area (Å²) in [6.45, 7) is 12.5. The first-order valence-corrected chi connectivity index (χ1v) is 9.02. The lowest BCUT2D eigenvalue weighted by atomic mass is 9.93. The zero-order valence-electron chi connectivity index (χ0n) is 14.5. The first-order valence-electron chi connectivity index (χ1n) is 8.14. The molecule has 2 N–H and O–H groups in total. The predicted octanol–water partition coefficient (Wildman–Crippen LogP) is 1.88. The molecule has 128 valence electrons. The molecule has 0 radical (unpaired) electrons. The number of nitrogens with one attached hydrogen (secondary N) is 2. The van der Waals surface area contributed by atoms with Crippen molar-refractivity contribution in [2.45, 2.75) is 34.1 Å². The fourth-order valence-electron chi connectivity index (χ4n) is 2.65. The fourth-order valence-corrected chi connectivity index (χ4v) is 3.37. The van der Waals surface area contributed by atoms with Gasteiger partial charge in [-0.15, -0.1) is 11.3 Å². The van der Waals surface area contributed by atoms with Gasteiger partial charge in [0.1, 0.15) is 4.88 Å². The molecule has 7 heteroatoms. The van der Waals surface area contributed by atoms with Crippen molar-refractivity contribution in [2.75, 3.05) is 32.7 Å². The van der Waals surface area contributed by atoms with Gasteiger partial charge in [-0.05, 0) is 25.7 Å². The molecule has 2 heterocycles. The highest BCUT2D eigenvalue weighted by molar-refractivity contribution is 7.11. The third-order valence-electron chi connectivity index (χ3n) is 3.92. The normalized spacial score (nSPS) is 17.4. The summed E-state index contributed by atoms with van der Waals surface area (Å²) in [6, 6.07) is 0. The molecule has 0 saturated carbocycles. The molecule has 1 aliphatic heterocycles. The molecule has 0 atom stereocenters. The third-order valence-corrected chi connectivity index (χ3v) is 4.85. The smallest absolute Gasteiger partial charge is 0.263 e. The van der Waals surface area contributed by atoms with E-state index in [2.05, 4.69) is 46.3 Å². The summed E-state index contributed by atoms with van der Waals surface area (Å²) in [5.74, 6) is 0.883. The van der Waals surface area contributed by atoms with Gasteiger partial charge in [-0.3, -0.25) is 9.79 Å². The minimum absolute atomic E-state index is 0.0625. The molecule has 1 aromatic rings. The summed E-state index contributed by atoms with van der Waals surface area (Å²) in [7, 11) is 0. The predicted molar refractivity (Wildman–Crippen MR) is 95.1 cm³/mol. The lowest BCUT2D eigenvalue weighted by Gasteiger charge is -2.23. The van der Waals surface area contributed by atoms with E-state index in [9.17, 15) is 4.79 Å². The van der Waals surface area contributed by atoms with Crippen LogP contribution in [0.3, 0.4) is 0 Å². The van der Waals surface area contributed by atoms with E-state index in [1.807, 2.05) is 6.92 Å². The van der Waals surface area contributed by atoms with Crippen LogP contribution in [-0.2, 0) is 0 Å². The maximum absolute atomic E-state index is 12.0. The van der Waals surface area contributed by atoms with Gasteiger partial charge in [0.05, 0.1) is 17.7 Å². The van der Waals surface area contributed by atoms with Gasteiger partial charge in [-0.1, -0.05) is 13.8 Å². The van der Waals surface area contributed by atoms with Gasteiger partial charge in [0.2, 0.25) is 0 Å². The van der Waals surface area contributed by atoms with Crippen LogP contribution in [-0.4, -0.2) is 54.5 Å². The second-order valence-corrected chi connectivity index (χ2v) is 7.45. The second-order valence-electron chi connectivity index (χ2n) is 6.59. The highest BCUT2D eigenvalue weighted by Crippen LogP contribution is 2.28. The third kappa shape index (κ3) is 4.92. The van der Waals surface area contributed by atoms with Crippen molar-refractivity contribution in [1.29, 1.82) is 0 Å². The van der Waals surface area contributed by atoms with Gasteiger partial charge in [0.25, 0.3) is 5.91 Å². The van der Waals surface area contributed by atoms with Crippen molar-refractivity contribution >= 4 is 23.2 Å². The molecular weight excluding hydrogens is 310 g/mol. The van der Waals surface area contributed by atoms with Crippen LogP contribution in [0.25, 0.3) is 0 Å². The number of guanidine groups is 1. The number of aryl methyl sites for hydroxylation is 1. The van der Waals surface area contributed by atoms with E-state index in [1.54, 1.807) is 5.51 Å². The highest BCUT2D eigenvalue weighted by Gasteiger charge is 2.30. The molecule has 2 rings (SSSR count). The van der Waals surface area contributed by atoms with E-state index in [4.69, 9.17) is 0 Å². The number of likely N-dealkylation sites (tertiary alicyclic amines) is 1. The Hall–Kier alpha value is -1.63. The number of hydrogen-bond donors (Lipinski definition) is 2. The molecule has 6 nitrogen and oxygen atoms in total. The van der Waals surface area contributed by atoms with Crippen molar-refractivity contribution in [2.24, 2.45) is 10.4 Å². The van der Waals surface area contributed by atoms with E-state index in [0.29, 0.717) is 23.4 Å². The molecule has 1 amide bonds. The molecule has 0 spiro atoms. The molecule has 0 aliphatic carbocycles. The van der Waals surface area contributed by atoms with Crippen LogP contribution in [0, 0.1) is 12.3 Å². The van der Waals surface area contributed by atoms with Crippen molar-refractivity contribution in [3.05, 3.63) is 16.1 Å². The van der Waals surface area contributed by atoms with E-state index < -0.39 is 0 Å². The molecule has 0 unspecified atom stereocenters. The maximum Gasteiger partial charge on any atom is 0.263 e. The number of carbonyl (C=O) groups is 1. The van der Waals surface area contributed by atoms with Gasteiger partial charge in [0, 0.05) is 26.2 Å². The number of nitrogens with zero attached hydrogens (tertiary/aromatic N) is 3. The Balaban J connectivity index is 1.84. The standard InChI is InChI=1S/C16H27N5OS/c1-5-17-15(21-9-6-16(3,4)10-21)19-8-7-18-14(22)13-12(2)20-11-23-13/h11H,5-10H2,1-4H3,(H,17,19)(H,18,22). The van der Waals surface area contributed by atoms with Crippen LogP contribution >= 0.6 is 11.3 Å². The monoisotopic (exact) mass is 337 g/mol. The Kier molecular flexibility index (Phi) is 5.98. The number of aromatic nitrogens is 1. The SMILES string of the molecule is CCNC(=NCCNC(=O)c1scnc1C)N1CCC(C)(C)C1. The Morgan fingerprint density at radius 2 is 2.26 bits per heavy atom. The topological polar surface area (TPSA) is 69.6 Å². The van der Waals surface area contributed by atoms with Gasteiger partial charge in [0.15, 0.2) is 5.96 Å². The Bertz CT molecular complexity index is 567. The quantitative estimate of drug-likeness (QED) is 0.489. The molecule has 1 aliphatic rings. The summed E-state index contributed by atoms with van der Waals surface area (Å²) >= 11 is 1.37. The van der Waals surface area contributed by atoms with Crippen LogP contribution < -0.4 is 10.6 Å². The molecule has 0 aromatic carbocycles. The average molecular weight is 337 g/mol. The summed E-state index contributed by atoms with van der Waals surface area (Å²) < 4.78 is 0. The first-order chi connectivity index (χ1) is 10.9. The van der Waals surface area contributed by atoms with Gasteiger partial charge in [-0.2, -0.15) is 0 Å². The van der Waals surface area contributed by atoms with Crippen molar-refractivity contribution < 1.29 is 4.79 Å². The highest BCUT2D eigenvalue weighted by atomic mass is 32.1. The number of aliphatic imine (C=N–C) groups is 1. The number of amides is 1. The molecule has 1 saturated heterocycles. The summed E-state index contributed by atoms with van der Waals surface area (Å²) in [5, 5.41) is 6.25. The molecule has 1 fully saturated rings. The minimum atomic E-state index is -0.0625. The first kappa shape index (κ1) is 17.7. The number of carbonyl (C=O) groups excluding carboxylic acids is 1. The van der Waals surface area contributed by atoms with E-state index in [-0.39, 0.29) is 5.91 Å². The summed E-state index contributed by atoms with van der Waals surface area (Å²) in [6.07, 6.45) is 1.18. The molecule has 0 bridgehead atoms. The zero-order valence-corrected chi connectivity index (χ0v) is 15.3. The number of thiazole rings is 1. The van der Waals surface area contributed by atoms with E-state index in [0.717, 1.165) is 31.3 Å². The molecule has 1 aromatic heterocycles. The lowest BCUT2D eigenvalue weighted by Crippen LogP contribution is -2.41. The minimum Gasteiger partial charge on any atom is -0.357 e. The van der Waals surface area contributed by atoms with Crippen molar-refractivity contribution in [1.82, 2.24) is 20.5 Å². The van der Waals surface area contributed by atoms with Crippen LogP contribution in [0.5, 0.6) is 0 Å². The number of rotatable bonds is 5. The van der Waals surface area contributed by atoms with Crippen LogP contribution in [0.2, 0.25) is 0 Å². The molecular formula is C16H27N5OS. The van der Waals surface area contributed by atoms with E-state index >= 15 is 0 Å². The molecule has 23 heavy (non-hydrogen) atoms. The average Bonchev–Trinajstić information content (AvgIpc) is 3.07. The number of hydrogen-bond acceptors (Lipinski definition) is 4. The van der Waals surface area contributed by atoms with Crippen molar-refractivity contribution in [3.8, 4) is 0 Å². The second kappa shape index (κ2) is 7.77. The zero-order chi connectivity index (χ0) is 16.9. The lowest BCUT2D eigenvalue weighted by molar-refractivity contribution is 0.0958. The summed E-state index contributed by atoms with van der Waals surface area (Å²) in [5.41, 5.74) is 2.82. The largest absolute Gasteiger partial charge is 0.357 e. The van der Waals surface area contributed by atoms with Gasteiger partial charge < -0.3 is 15.5 Å². The van der Waals surface area contributed by atoms with Gasteiger partial charge >= 0.3 is 0 Å². The van der Waals surface area contributed by atoms with Crippen LogP contribution in [0.4, 0.5) is 0 Å². The summed E-state index contributed by atoms with van der Waals surface area (Å²) in [4.78, 5) is 23.7.